The zero-order valence-corrected chi connectivity index (χ0v) is 12.0. The van der Waals surface area contributed by atoms with Gasteiger partial charge in [0, 0.05) is 24.1 Å². The van der Waals surface area contributed by atoms with Crippen molar-refractivity contribution >= 4 is 38.4 Å². The lowest BCUT2D eigenvalue weighted by Crippen LogP contribution is -2.26. The van der Waals surface area contributed by atoms with Crippen LogP contribution in [0.1, 0.15) is 10.5 Å². The molecule has 0 spiro atoms. The van der Waals surface area contributed by atoms with Gasteiger partial charge in [0.2, 0.25) is 0 Å². The second-order valence-electron chi connectivity index (χ2n) is 4.33. The van der Waals surface area contributed by atoms with E-state index in [1.807, 2.05) is 0 Å². The fourth-order valence-corrected chi connectivity index (χ4v) is 2.33. The van der Waals surface area contributed by atoms with Crippen LogP contribution in [-0.2, 0) is 0 Å². The molecule has 0 unspecified atom stereocenters. The normalized spacial score (nSPS) is 10.9. The first kappa shape index (κ1) is 12.9. The van der Waals surface area contributed by atoms with Crippen LogP contribution in [0.4, 0.5) is 10.1 Å². The van der Waals surface area contributed by atoms with Gasteiger partial charge < -0.3 is 9.88 Å². The van der Waals surface area contributed by atoms with Crippen LogP contribution in [0.2, 0.25) is 0 Å². The molecule has 2 N–H and O–H groups in total. The molecule has 3 aromatic rings. The lowest BCUT2D eigenvalue weighted by Gasteiger charge is -2.13. The van der Waals surface area contributed by atoms with Crippen molar-refractivity contribution in [2.24, 2.45) is 0 Å². The number of halogens is 2. The number of carbonyl (C=O) groups is 1. The molecular formula is C13H10BrFN4O. The summed E-state index contributed by atoms with van der Waals surface area (Å²) in [6, 6.07) is 4.83. The predicted octanol–water partition coefficient (Wildman–Crippen LogP) is 3.07. The molecule has 0 saturated carbocycles. The summed E-state index contributed by atoms with van der Waals surface area (Å²) in [5.74, 6) is -0.651. The summed E-state index contributed by atoms with van der Waals surface area (Å²) < 4.78 is 14.3. The maximum atomic E-state index is 13.9. The quantitative estimate of drug-likeness (QED) is 0.755. The molecular weight excluding hydrogens is 327 g/mol. The van der Waals surface area contributed by atoms with E-state index in [1.165, 1.54) is 17.2 Å². The summed E-state index contributed by atoms with van der Waals surface area (Å²) in [6.07, 6.45) is 3.15. The highest BCUT2D eigenvalue weighted by Gasteiger charge is 2.18. The lowest BCUT2D eigenvalue weighted by molar-refractivity contribution is 0.0989. The highest BCUT2D eigenvalue weighted by Crippen LogP contribution is 2.26. The molecule has 20 heavy (non-hydrogen) atoms. The number of rotatable bonds is 2. The van der Waals surface area contributed by atoms with Crippen molar-refractivity contribution in [3.05, 3.63) is 46.6 Å². The number of hydrogen-bond acceptors (Lipinski definition) is 2. The SMILES string of the molecule is CN(C(=O)c1cc2c(F)c(Br)ccc2[nH]1)c1cn[nH]c1. The maximum Gasteiger partial charge on any atom is 0.274 e. The molecule has 0 aliphatic rings. The summed E-state index contributed by atoms with van der Waals surface area (Å²) in [5.41, 5.74) is 1.53. The molecule has 2 aromatic heterocycles. The standard InChI is InChI=1S/C13H10BrFN4O/c1-19(7-5-16-17-6-7)13(20)11-4-8-10(18-11)3-2-9(14)12(8)15/h2-6,18H,1H3,(H,16,17). The average Bonchev–Trinajstić information content (AvgIpc) is 3.10. The van der Waals surface area contributed by atoms with Crippen molar-refractivity contribution in [2.75, 3.05) is 11.9 Å². The van der Waals surface area contributed by atoms with Gasteiger partial charge in [0.05, 0.1) is 16.4 Å². The second kappa shape index (κ2) is 4.75. The molecule has 0 radical (unpaired) electrons. The summed E-state index contributed by atoms with van der Waals surface area (Å²) in [6.45, 7) is 0. The number of nitrogens with zero attached hydrogens (tertiary/aromatic N) is 2. The number of anilines is 1. The third-order valence-corrected chi connectivity index (χ3v) is 3.71. The van der Waals surface area contributed by atoms with E-state index in [1.54, 1.807) is 25.4 Å². The third kappa shape index (κ3) is 2.00. The Morgan fingerprint density at radius 3 is 2.95 bits per heavy atom. The minimum atomic E-state index is -0.385. The molecule has 1 amide bonds. The van der Waals surface area contributed by atoms with Crippen LogP contribution in [-0.4, -0.2) is 28.1 Å². The zero-order valence-electron chi connectivity index (χ0n) is 10.4. The number of H-pyrrole nitrogens is 2. The van der Waals surface area contributed by atoms with Crippen LogP contribution < -0.4 is 4.90 Å². The van der Waals surface area contributed by atoms with Crippen molar-refractivity contribution < 1.29 is 9.18 Å². The number of aromatic amines is 2. The van der Waals surface area contributed by atoms with E-state index in [2.05, 4.69) is 31.1 Å². The minimum absolute atomic E-state index is 0.266. The Labute approximate surface area is 121 Å². The molecule has 0 atom stereocenters. The van der Waals surface area contributed by atoms with Crippen LogP contribution in [0.5, 0.6) is 0 Å². The lowest BCUT2D eigenvalue weighted by atomic mass is 10.2. The number of nitrogens with one attached hydrogen (secondary N) is 2. The van der Waals surface area contributed by atoms with Crippen LogP contribution in [0.15, 0.2) is 35.1 Å². The Balaban J connectivity index is 2.02. The molecule has 0 saturated heterocycles. The average molecular weight is 337 g/mol. The van der Waals surface area contributed by atoms with Crippen molar-refractivity contribution in [3.8, 4) is 0 Å². The maximum absolute atomic E-state index is 13.9. The van der Waals surface area contributed by atoms with Crippen molar-refractivity contribution in [2.45, 2.75) is 0 Å². The van der Waals surface area contributed by atoms with Gasteiger partial charge in [-0.2, -0.15) is 5.10 Å². The van der Waals surface area contributed by atoms with E-state index in [4.69, 9.17) is 0 Å². The second-order valence-corrected chi connectivity index (χ2v) is 5.18. The Bertz CT molecular complexity index is 781. The van der Waals surface area contributed by atoms with Crippen molar-refractivity contribution in [1.29, 1.82) is 0 Å². The number of amides is 1. The summed E-state index contributed by atoms with van der Waals surface area (Å²) in [5, 5.41) is 6.81. The number of aromatic nitrogens is 3. The molecule has 2 heterocycles. The molecule has 7 heteroatoms. The Kier molecular flexibility index (Phi) is 3.06. The molecule has 5 nitrogen and oxygen atoms in total. The molecule has 3 rings (SSSR count). The first-order chi connectivity index (χ1) is 9.58. The predicted molar refractivity (Wildman–Crippen MR) is 77.3 cm³/mol. The Hall–Kier alpha value is -2.15. The van der Waals surface area contributed by atoms with Crippen LogP contribution in [0, 0.1) is 5.82 Å². The molecule has 0 fully saturated rings. The van der Waals surface area contributed by atoms with E-state index < -0.39 is 0 Å². The van der Waals surface area contributed by atoms with Crippen molar-refractivity contribution in [1.82, 2.24) is 15.2 Å². The topological polar surface area (TPSA) is 64.8 Å². The summed E-state index contributed by atoms with van der Waals surface area (Å²) in [7, 11) is 1.63. The first-order valence-electron chi connectivity index (χ1n) is 5.81. The zero-order chi connectivity index (χ0) is 14.3. The fourth-order valence-electron chi connectivity index (χ4n) is 1.98. The highest BCUT2D eigenvalue weighted by atomic mass is 79.9. The summed E-state index contributed by atoms with van der Waals surface area (Å²) in [4.78, 5) is 16.7. The smallest absolute Gasteiger partial charge is 0.274 e. The third-order valence-electron chi connectivity index (χ3n) is 3.10. The van der Waals surface area contributed by atoms with Crippen LogP contribution >= 0.6 is 15.9 Å². The van der Waals surface area contributed by atoms with Gasteiger partial charge in [-0.15, -0.1) is 0 Å². The molecule has 0 bridgehead atoms. The van der Waals surface area contributed by atoms with Gasteiger partial charge in [0.15, 0.2) is 0 Å². The minimum Gasteiger partial charge on any atom is -0.350 e. The first-order valence-corrected chi connectivity index (χ1v) is 6.61. The van der Waals surface area contributed by atoms with Crippen LogP contribution in [0.3, 0.4) is 0 Å². The Morgan fingerprint density at radius 2 is 2.25 bits per heavy atom. The number of benzene rings is 1. The fraction of sp³-hybridized carbons (Fsp3) is 0.0769. The Morgan fingerprint density at radius 1 is 1.45 bits per heavy atom. The van der Waals surface area contributed by atoms with Gasteiger partial charge in [-0.1, -0.05) is 0 Å². The number of fused-ring (bicyclic) bond motifs is 1. The largest absolute Gasteiger partial charge is 0.350 e. The van der Waals surface area contributed by atoms with Gasteiger partial charge >= 0.3 is 0 Å². The molecule has 0 aliphatic heterocycles. The van der Waals surface area contributed by atoms with E-state index in [-0.39, 0.29) is 11.7 Å². The van der Waals surface area contributed by atoms with E-state index in [9.17, 15) is 9.18 Å². The van der Waals surface area contributed by atoms with E-state index in [0.29, 0.717) is 26.8 Å². The van der Waals surface area contributed by atoms with Gasteiger partial charge in [-0.25, -0.2) is 4.39 Å². The highest BCUT2D eigenvalue weighted by molar-refractivity contribution is 9.10. The van der Waals surface area contributed by atoms with Crippen LogP contribution in [0.25, 0.3) is 10.9 Å². The number of hydrogen-bond donors (Lipinski definition) is 2. The van der Waals surface area contributed by atoms with E-state index >= 15 is 0 Å². The van der Waals surface area contributed by atoms with E-state index in [0.717, 1.165) is 0 Å². The molecule has 102 valence electrons. The molecule has 1 aromatic carbocycles. The summed E-state index contributed by atoms with van der Waals surface area (Å²) >= 11 is 3.13. The van der Waals surface area contributed by atoms with Gasteiger partial charge in [-0.3, -0.25) is 9.89 Å². The molecule has 0 aliphatic carbocycles. The monoisotopic (exact) mass is 336 g/mol. The van der Waals surface area contributed by atoms with Gasteiger partial charge in [0.1, 0.15) is 11.5 Å². The van der Waals surface area contributed by atoms with Gasteiger partial charge in [0.25, 0.3) is 5.91 Å². The van der Waals surface area contributed by atoms with Gasteiger partial charge in [-0.05, 0) is 34.1 Å². The van der Waals surface area contributed by atoms with Crippen molar-refractivity contribution in [3.63, 3.8) is 0 Å². The number of carbonyl (C=O) groups excluding carboxylic acids is 1.